The molecule has 2 aromatic carbocycles. The van der Waals surface area contributed by atoms with Crippen molar-refractivity contribution in [2.24, 2.45) is 0 Å². The summed E-state index contributed by atoms with van der Waals surface area (Å²) in [6, 6.07) is 14.7. The third-order valence-corrected chi connectivity index (χ3v) is 4.19. The molecule has 2 nitrogen and oxygen atoms in total. The van der Waals surface area contributed by atoms with Gasteiger partial charge in [-0.1, -0.05) is 29.8 Å². The quantitative estimate of drug-likeness (QED) is 0.829. The van der Waals surface area contributed by atoms with Gasteiger partial charge in [-0.2, -0.15) is 0 Å². The molecule has 0 aromatic heterocycles. The average molecular weight is 288 g/mol. The van der Waals surface area contributed by atoms with Gasteiger partial charge in [-0.25, -0.2) is 0 Å². The highest BCUT2D eigenvalue weighted by Crippen LogP contribution is 2.30. The lowest BCUT2D eigenvalue weighted by molar-refractivity contribution is 0.414. The third kappa shape index (κ3) is 2.61. The molecule has 3 heteroatoms. The highest BCUT2D eigenvalue weighted by molar-refractivity contribution is 6.32. The maximum absolute atomic E-state index is 6.23. The third-order valence-electron chi connectivity index (χ3n) is 3.90. The fourth-order valence-corrected chi connectivity index (χ4v) is 3.04. The number of para-hydroxylation sites is 1. The molecule has 1 aliphatic heterocycles. The lowest BCUT2D eigenvalue weighted by Crippen LogP contribution is -2.25. The Hall–Kier alpha value is -1.67. The molecule has 0 aliphatic carbocycles. The molecule has 0 atom stereocenters. The van der Waals surface area contributed by atoms with E-state index in [1.165, 1.54) is 16.8 Å². The summed E-state index contributed by atoms with van der Waals surface area (Å²) < 4.78 is 5.32. The zero-order valence-corrected chi connectivity index (χ0v) is 12.4. The van der Waals surface area contributed by atoms with E-state index in [0.29, 0.717) is 5.02 Å². The number of halogens is 1. The van der Waals surface area contributed by atoms with Gasteiger partial charge in [-0.15, -0.1) is 0 Å². The van der Waals surface area contributed by atoms with E-state index >= 15 is 0 Å². The molecular weight excluding hydrogens is 270 g/mol. The monoisotopic (exact) mass is 287 g/mol. The van der Waals surface area contributed by atoms with E-state index in [1.807, 2.05) is 0 Å². The Morgan fingerprint density at radius 1 is 1.00 bits per heavy atom. The number of rotatable bonds is 2. The van der Waals surface area contributed by atoms with Crippen LogP contribution in [0.4, 0.5) is 5.69 Å². The largest absolute Gasteiger partial charge is 0.495 e. The molecule has 104 valence electrons. The summed E-state index contributed by atoms with van der Waals surface area (Å²) in [5, 5.41) is 0.708. The number of ether oxygens (including phenoxy) is 1. The molecule has 1 heterocycles. The SMILES string of the molecule is COc1cc2c(cc1Cl)CCN(c1ccccc1)CC2. The second-order valence-corrected chi connectivity index (χ2v) is 5.49. The number of hydrogen-bond donors (Lipinski definition) is 0. The zero-order valence-electron chi connectivity index (χ0n) is 11.6. The van der Waals surface area contributed by atoms with Gasteiger partial charge in [0.05, 0.1) is 12.1 Å². The second-order valence-electron chi connectivity index (χ2n) is 5.08. The van der Waals surface area contributed by atoms with Crippen LogP contribution in [0.2, 0.25) is 5.02 Å². The number of anilines is 1. The first-order valence-electron chi connectivity index (χ1n) is 6.93. The lowest BCUT2D eigenvalue weighted by Gasteiger charge is -2.22. The highest BCUT2D eigenvalue weighted by Gasteiger charge is 2.16. The van der Waals surface area contributed by atoms with Crippen LogP contribution in [0.5, 0.6) is 5.75 Å². The van der Waals surface area contributed by atoms with Crippen molar-refractivity contribution in [1.29, 1.82) is 0 Å². The fourth-order valence-electron chi connectivity index (χ4n) is 2.78. The van der Waals surface area contributed by atoms with Gasteiger partial charge in [0, 0.05) is 18.8 Å². The van der Waals surface area contributed by atoms with Gasteiger partial charge in [0.25, 0.3) is 0 Å². The predicted octanol–water partition coefficient (Wildman–Crippen LogP) is 3.95. The highest BCUT2D eigenvalue weighted by atomic mass is 35.5. The molecular formula is C17H18ClNO. The molecule has 0 saturated heterocycles. The Balaban J connectivity index is 1.85. The second kappa shape index (κ2) is 5.76. The van der Waals surface area contributed by atoms with Crippen LogP contribution in [0.25, 0.3) is 0 Å². The first kappa shape index (κ1) is 13.3. The van der Waals surface area contributed by atoms with Crippen LogP contribution in [0.3, 0.4) is 0 Å². The predicted molar refractivity (Wildman–Crippen MR) is 84.1 cm³/mol. The number of nitrogens with zero attached hydrogens (tertiary/aromatic N) is 1. The minimum Gasteiger partial charge on any atom is -0.495 e. The summed E-state index contributed by atoms with van der Waals surface area (Å²) >= 11 is 6.23. The smallest absolute Gasteiger partial charge is 0.137 e. The number of fused-ring (bicyclic) bond motifs is 1. The summed E-state index contributed by atoms with van der Waals surface area (Å²) in [6.45, 7) is 2.06. The molecule has 0 amide bonds. The molecule has 0 unspecified atom stereocenters. The summed E-state index contributed by atoms with van der Waals surface area (Å²) in [6.07, 6.45) is 2.05. The van der Waals surface area contributed by atoms with Crippen molar-refractivity contribution >= 4 is 17.3 Å². The molecule has 3 rings (SSSR count). The summed E-state index contributed by atoms with van der Waals surface area (Å²) in [7, 11) is 1.67. The Bertz CT molecular complexity index is 597. The Kier molecular flexibility index (Phi) is 3.83. The van der Waals surface area contributed by atoms with Crippen LogP contribution in [-0.2, 0) is 12.8 Å². The van der Waals surface area contributed by atoms with Crippen LogP contribution in [0, 0.1) is 0 Å². The van der Waals surface area contributed by atoms with Crippen LogP contribution in [0.1, 0.15) is 11.1 Å². The van der Waals surface area contributed by atoms with Crippen molar-refractivity contribution in [3.63, 3.8) is 0 Å². The summed E-state index contributed by atoms with van der Waals surface area (Å²) in [5.41, 5.74) is 3.98. The van der Waals surface area contributed by atoms with E-state index in [1.54, 1.807) is 7.11 Å². The normalized spacial score (nSPS) is 14.6. The first-order valence-corrected chi connectivity index (χ1v) is 7.31. The van der Waals surface area contributed by atoms with Crippen molar-refractivity contribution in [1.82, 2.24) is 0 Å². The van der Waals surface area contributed by atoms with E-state index in [0.717, 1.165) is 31.7 Å². The molecule has 0 spiro atoms. The minimum atomic E-state index is 0.708. The topological polar surface area (TPSA) is 12.5 Å². The Labute approximate surface area is 124 Å². The minimum absolute atomic E-state index is 0.708. The van der Waals surface area contributed by atoms with Gasteiger partial charge in [0.15, 0.2) is 0 Å². The first-order chi connectivity index (χ1) is 9.78. The molecule has 0 bridgehead atoms. The maximum Gasteiger partial charge on any atom is 0.137 e. The number of methoxy groups -OCH3 is 1. The lowest BCUT2D eigenvalue weighted by atomic mass is 10.0. The zero-order chi connectivity index (χ0) is 13.9. The van der Waals surface area contributed by atoms with Gasteiger partial charge in [-0.05, 0) is 48.2 Å². The molecule has 0 saturated carbocycles. The van der Waals surface area contributed by atoms with E-state index in [-0.39, 0.29) is 0 Å². The van der Waals surface area contributed by atoms with E-state index in [2.05, 4.69) is 47.4 Å². The molecule has 0 fully saturated rings. The standard InChI is InChI=1S/C17H18ClNO/c1-20-17-12-14-8-10-19(15-5-3-2-4-6-15)9-7-13(14)11-16(17)18/h2-6,11-12H,7-10H2,1H3. The summed E-state index contributed by atoms with van der Waals surface area (Å²) in [4.78, 5) is 2.43. The molecule has 0 radical (unpaired) electrons. The van der Waals surface area contributed by atoms with Crippen molar-refractivity contribution in [3.8, 4) is 5.75 Å². The van der Waals surface area contributed by atoms with Gasteiger partial charge in [-0.3, -0.25) is 0 Å². The van der Waals surface area contributed by atoms with Gasteiger partial charge >= 0.3 is 0 Å². The van der Waals surface area contributed by atoms with Crippen molar-refractivity contribution in [2.75, 3.05) is 25.1 Å². The van der Waals surface area contributed by atoms with Crippen LogP contribution >= 0.6 is 11.6 Å². The van der Waals surface area contributed by atoms with Gasteiger partial charge in [0.1, 0.15) is 5.75 Å². The Morgan fingerprint density at radius 3 is 2.30 bits per heavy atom. The number of hydrogen-bond acceptors (Lipinski definition) is 2. The van der Waals surface area contributed by atoms with Crippen LogP contribution in [-0.4, -0.2) is 20.2 Å². The molecule has 20 heavy (non-hydrogen) atoms. The molecule has 2 aromatic rings. The van der Waals surface area contributed by atoms with E-state index in [4.69, 9.17) is 16.3 Å². The van der Waals surface area contributed by atoms with Crippen LogP contribution in [0.15, 0.2) is 42.5 Å². The molecule has 0 N–H and O–H groups in total. The van der Waals surface area contributed by atoms with Crippen LogP contribution < -0.4 is 9.64 Å². The van der Waals surface area contributed by atoms with Gasteiger partial charge < -0.3 is 9.64 Å². The fraction of sp³-hybridized carbons (Fsp3) is 0.294. The summed E-state index contributed by atoms with van der Waals surface area (Å²) in [5.74, 6) is 0.776. The van der Waals surface area contributed by atoms with Gasteiger partial charge in [0.2, 0.25) is 0 Å². The number of benzene rings is 2. The van der Waals surface area contributed by atoms with E-state index in [9.17, 15) is 0 Å². The average Bonchev–Trinajstić information content (AvgIpc) is 2.69. The van der Waals surface area contributed by atoms with E-state index < -0.39 is 0 Å². The maximum atomic E-state index is 6.23. The Morgan fingerprint density at radius 2 is 1.65 bits per heavy atom. The molecule has 1 aliphatic rings. The van der Waals surface area contributed by atoms with Crippen molar-refractivity contribution < 1.29 is 4.74 Å². The van der Waals surface area contributed by atoms with Crippen molar-refractivity contribution in [2.45, 2.75) is 12.8 Å². The van der Waals surface area contributed by atoms with Crippen molar-refractivity contribution in [3.05, 3.63) is 58.6 Å².